The average Bonchev–Trinajstić information content (AvgIpc) is 2.72. The van der Waals surface area contributed by atoms with Gasteiger partial charge in [0.2, 0.25) is 5.95 Å². The van der Waals surface area contributed by atoms with E-state index in [-0.39, 0.29) is 5.91 Å². The Morgan fingerprint density at radius 2 is 1.85 bits per heavy atom. The molecule has 0 aliphatic carbocycles. The second-order valence-corrected chi connectivity index (χ2v) is 6.85. The Bertz CT molecular complexity index is 953. The molecule has 5 nitrogen and oxygen atoms in total. The van der Waals surface area contributed by atoms with Crippen LogP contribution >= 0.6 is 0 Å². The highest BCUT2D eigenvalue weighted by molar-refractivity contribution is 5.92. The summed E-state index contributed by atoms with van der Waals surface area (Å²) in [5.41, 5.74) is 5.34. The Morgan fingerprint density at radius 3 is 2.67 bits per heavy atom. The summed E-state index contributed by atoms with van der Waals surface area (Å²) in [6, 6.07) is 18.3. The SMILES string of the molecule is Cc1ccc(CNc2nccc(C(=O)N3CCc4ccccc4C3)n2)cc1. The normalized spacial score (nSPS) is 13.1. The van der Waals surface area contributed by atoms with Crippen LogP contribution in [0.5, 0.6) is 0 Å². The van der Waals surface area contributed by atoms with Crippen LogP contribution in [0.4, 0.5) is 5.95 Å². The van der Waals surface area contributed by atoms with E-state index in [0.717, 1.165) is 12.0 Å². The summed E-state index contributed by atoms with van der Waals surface area (Å²) in [5.74, 6) is 0.420. The molecule has 0 unspecified atom stereocenters. The number of hydrogen-bond acceptors (Lipinski definition) is 4. The zero-order chi connectivity index (χ0) is 18.6. The lowest BCUT2D eigenvalue weighted by Gasteiger charge is -2.28. The summed E-state index contributed by atoms with van der Waals surface area (Å²) in [7, 11) is 0. The zero-order valence-corrected chi connectivity index (χ0v) is 15.4. The fraction of sp³-hybridized carbons (Fsp3) is 0.227. The molecule has 136 valence electrons. The zero-order valence-electron chi connectivity index (χ0n) is 15.4. The third kappa shape index (κ3) is 3.97. The van der Waals surface area contributed by atoms with Crippen LogP contribution in [-0.2, 0) is 19.5 Å². The molecule has 0 bridgehead atoms. The fourth-order valence-corrected chi connectivity index (χ4v) is 3.28. The summed E-state index contributed by atoms with van der Waals surface area (Å²) in [4.78, 5) is 23.4. The van der Waals surface area contributed by atoms with Crippen LogP contribution < -0.4 is 5.32 Å². The van der Waals surface area contributed by atoms with Crippen LogP contribution in [0.2, 0.25) is 0 Å². The van der Waals surface area contributed by atoms with E-state index < -0.39 is 0 Å². The van der Waals surface area contributed by atoms with Gasteiger partial charge in [-0.3, -0.25) is 4.79 Å². The molecule has 2 heterocycles. The maximum atomic E-state index is 12.9. The number of benzene rings is 2. The van der Waals surface area contributed by atoms with Crippen molar-refractivity contribution in [3.8, 4) is 0 Å². The molecular weight excluding hydrogens is 336 g/mol. The quantitative estimate of drug-likeness (QED) is 0.774. The molecule has 0 saturated carbocycles. The highest BCUT2D eigenvalue weighted by atomic mass is 16.2. The van der Waals surface area contributed by atoms with Gasteiger partial charge in [0.1, 0.15) is 5.69 Å². The van der Waals surface area contributed by atoms with Gasteiger partial charge in [-0.05, 0) is 36.1 Å². The molecule has 1 aliphatic rings. The molecule has 1 aromatic heterocycles. The van der Waals surface area contributed by atoms with Gasteiger partial charge in [-0.1, -0.05) is 54.1 Å². The molecule has 0 atom stereocenters. The number of rotatable bonds is 4. The van der Waals surface area contributed by atoms with Crippen molar-refractivity contribution in [2.75, 3.05) is 11.9 Å². The van der Waals surface area contributed by atoms with Crippen molar-refractivity contribution in [3.63, 3.8) is 0 Å². The molecule has 27 heavy (non-hydrogen) atoms. The maximum absolute atomic E-state index is 12.9. The van der Waals surface area contributed by atoms with Gasteiger partial charge in [-0.25, -0.2) is 9.97 Å². The van der Waals surface area contributed by atoms with E-state index in [1.165, 1.54) is 16.7 Å². The Kier molecular flexibility index (Phi) is 4.83. The summed E-state index contributed by atoms with van der Waals surface area (Å²) < 4.78 is 0. The number of hydrogen-bond donors (Lipinski definition) is 1. The van der Waals surface area contributed by atoms with E-state index in [4.69, 9.17) is 0 Å². The van der Waals surface area contributed by atoms with Crippen LogP contribution in [0.15, 0.2) is 60.8 Å². The first-order valence-corrected chi connectivity index (χ1v) is 9.17. The summed E-state index contributed by atoms with van der Waals surface area (Å²) in [6.45, 7) is 4.03. The van der Waals surface area contributed by atoms with Crippen molar-refractivity contribution in [2.45, 2.75) is 26.4 Å². The first-order valence-electron chi connectivity index (χ1n) is 9.17. The van der Waals surface area contributed by atoms with E-state index >= 15 is 0 Å². The number of nitrogens with zero attached hydrogens (tertiary/aromatic N) is 3. The van der Waals surface area contributed by atoms with E-state index in [2.05, 4.69) is 58.6 Å². The first kappa shape index (κ1) is 17.2. The van der Waals surface area contributed by atoms with Crippen molar-refractivity contribution >= 4 is 11.9 Å². The number of fused-ring (bicyclic) bond motifs is 1. The monoisotopic (exact) mass is 358 g/mol. The van der Waals surface area contributed by atoms with Gasteiger partial charge in [0.05, 0.1) is 0 Å². The highest BCUT2D eigenvalue weighted by Crippen LogP contribution is 2.20. The summed E-state index contributed by atoms with van der Waals surface area (Å²) in [6.07, 6.45) is 2.52. The van der Waals surface area contributed by atoms with Gasteiger partial charge in [0.15, 0.2) is 0 Å². The number of nitrogens with one attached hydrogen (secondary N) is 1. The second-order valence-electron chi connectivity index (χ2n) is 6.85. The minimum Gasteiger partial charge on any atom is -0.350 e. The first-order chi connectivity index (χ1) is 13.2. The van der Waals surface area contributed by atoms with Crippen LogP contribution in [-0.4, -0.2) is 27.3 Å². The van der Waals surface area contributed by atoms with Gasteiger partial charge in [-0.15, -0.1) is 0 Å². The molecule has 1 aliphatic heterocycles. The number of amides is 1. The number of anilines is 1. The Labute approximate surface area is 159 Å². The topological polar surface area (TPSA) is 58.1 Å². The predicted octanol–water partition coefficient (Wildman–Crippen LogP) is 3.60. The number of carbonyl (C=O) groups is 1. The molecule has 0 saturated heterocycles. The van der Waals surface area contributed by atoms with E-state index in [1.807, 2.05) is 17.0 Å². The number of aryl methyl sites for hydroxylation is 1. The maximum Gasteiger partial charge on any atom is 0.272 e. The molecule has 3 aromatic rings. The lowest BCUT2D eigenvalue weighted by molar-refractivity contribution is 0.0728. The van der Waals surface area contributed by atoms with Gasteiger partial charge in [-0.2, -0.15) is 0 Å². The Morgan fingerprint density at radius 1 is 1.07 bits per heavy atom. The largest absolute Gasteiger partial charge is 0.350 e. The second kappa shape index (κ2) is 7.58. The standard InChI is InChI=1S/C22H22N4O/c1-16-6-8-17(9-7-16)14-24-22-23-12-10-20(25-22)21(27)26-13-11-18-4-2-3-5-19(18)15-26/h2-10,12H,11,13-15H2,1H3,(H,23,24,25). The van der Waals surface area contributed by atoms with E-state index in [9.17, 15) is 4.79 Å². The number of aromatic nitrogens is 2. The smallest absolute Gasteiger partial charge is 0.272 e. The molecule has 4 rings (SSSR count). The van der Waals surface area contributed by atoms with E-state index in [0.29, 0.717) is 31.3 Å². The van der Waals surface area contributed by atoms with Gasteiger partial charge >= 0.3 is 0 Å². The molecule has 0 fully saturated rings. The lowest BCUT2D eigenvalue weighted by atomic mass is 10.00. The van der Waals surface area contributed by atoms with Crippen molar-refractivity contribution in [2.24, 2.45) is 0 Å². The van der Waals surface area contributed by atoms with Crippen molar-refractivity contribution in [1.82, 2.24) is 14.9 Å². The molecule has 5 heteroatoms. The number of carbonyl (C=O) groups excluding carboxylic acids is 1. The minimum atomic E-state index is -0.0507. The van der Waals surface area contributed by atoms with Crippen molar-refractivity contribution < 1.29 is 4.79 Å². The van der Waals surface area contributed by atoms with Crippen LogP contribution in [0.3, 0.4) is 0 Å². The van der Waals surface area contributed by atoms with Crippen LogP contribution in [0.1, 0.15) is 32.7 Å². The summed E-state index contributed by atoms with van der Waals surface area (Å²) in [5, 5.41) is 3.20. The third-order valence-corrected chi connectivity index (χ3v) is 4.86. The fourth-order valence-electron chi connectivity index (χ4n) is 3.28. The molecule has 1 N–H and O–H groups in total. The van der Waals surface area contributed by atoms with Gasteiger partial charge < -0.3 is 10.2 Å². The molecule has 1 amide bonds. The average molecular weight is 358 g/mol. The lowest BCUT2D eigenvalue weighted by Crippen LogP contribution is -2.36. The van der Waals surface area contributed by atoms with Crippen LogP contribution in [0.25, 0.3) is 0 Å². The molecule has 0 radical (unpaired) electrons. The highest BCUT2D eigenvalue weighted by Gasteiger charge is 2.22. The van der Waals surface area contributed by atoms with Crippen molar-refractivity contribution in [3.05, 3.63) is 88.7 Å². The Hall–Kier alpha value is -3.21. The Balaban J connectivity index is 1.44. The predicted molar refractivity (Wildman–Crippen MR) is 105 cm³/mol. The van der Waals surface area contributed by atoms with Crippen LogP contribution in [0, 0.1) is 6.92 Å². The third-order valence-electron chi connectivity index (χ3n) is 4.86. The van der Waals surface area contributed by atoms with Gasteiger partial charge in [0, 0.05) is 25.8 Å². The van der Waals surface area contributed by atoms with E-state index in [1.54, 1.807) is 12.3 Å². The molecule has 2 aromatic carbocycles. The molecule has 0 spiro atoms. The van der Waals surface area contributed by atoms with Gasteiger partial charge in [0.25, 0.3) is 5.91 Å². The van der Waals surface area contributed by atoms with Crippen molar-refractivity contribution in [1.29, 1.82) is 0 Å². The minimum absolute atomic E-state index is 0.0507. The molecular formula is C22H22N4O. The summed E-state index contributed by atoms with van der Waals surface area (Å²) >= 11 is 0.